The van der Waals surface area contributed by atoms with Crippen molar-refractivity contribution in [2.24, 2.45) is 0 Å². The lowest BCUT2D eigenvalue weighted by Gasteiger charge is -2.31. The Bertz CT molecular complexity index is 1460. The largest absolute Gasteiger partial charge is 0.331 e. The first-order valence-corrected chi connectivity index (χ1v) is 11.4. The molecule has 0 fully saturated rings. The first-order chi connectivity index (χ1) is 16.8. The van der Waals surface area contributed by atoms with Crippen molar-refractivity contribution < 1.29 is 14.4 Å². The van der Waals surface area contributed by atoms with Crippen LogP contribution in [0.3, 0.4) is 0 Å². The predicted molar refractivity (Wildman–Crippen MR) is 136 cm³/mol. The lowest BCUT2D eigenvalue weighted by molar-refractivity contribution is -0.123. The maximum Gasteiger partial charge on any atom is 0.318 e. The zero-order valence-corrected chi connectivity index (χ0v) is 19.9. The number of aromatic nitrogens is 1. The van der Waals surface area contributed by atoms with Crippen molar-refractivity contribution in [3.8, 4) is 0 Å². The maximum atomic E-state index is 13.8. The number of carbonyl (C=O) groups is 3. The number of urea groups is 1. The molecule has 0 spiro atoms. The molecule has 0 aliphatic carbocycles. The van der Waals surface area contributed by atoms with Gasteiger partial charge in [-0.05, 0) is 29.8 Å². The second-order valence-electron chi connectivity index (χ2n) is 9.00. The van der Waals surface area contributed by atoms with Crippen molar-refractivity contribution in [1.29, 1.82) is 0 Å². The van der Waals surface area contributed by atoms with Crippen molar-refractivity contribution >= 4 is 34.4 Å². The van der Waals surface area contributed by atoms with Crippen LogP contribution in [0.15, 0.2) is 85.1 Å². The summed E-state index contributed by atoms with van der Waals surface area (Å²) in [6, 6.07) is 23.8. The summed E-state index contributed by atoms with van der Waals surface area (Å²) in [5.74, 6) is -0.380. The number of anilines is 1. The van der Waals surface area contributed by atoms with Crippen LogP contribution in [0.5, 0.6) is 0 Å². The Morgan fingerprint density at radius 1 is 0.914 bits per heavy atom. The molecule has 1 N–H and O–H groups in total. The van der Waals surface area contributed by atoms with E-state index in [0.717, 1.165) is 27.7 Å². The Labute approximate surface area is 203 Å². The van der Waals surface area contributed by atoms with Crippen LogP contribution < -0.4 is 10.2 Å². The van der Waals surface area contributed by atoms with E-state index in [-0.39, 0.29) is 24.3 Å². The lowest BCUT2D eigenvalue weighted by atomic mass is 9.84. The van der Waals surface area contributed by atoms with E-state index in [1.54, 1.807) is 48.9 Å². The molecule has 0 saturated heterocycles. The Balaban J connectivity index is 1.67. The van der Waals surface area contributed by atoms with Gasteiger partial charge in [0.15, 0.2) is 5.54 Å². The smallest absolute Gasteiger partial charge is 0.318 e. The number of likely N-dealkylation sites (N-methyl/N-ethyl adjacent to an activating group) is 1. The second kappa shape index (κ2) is 8.43. The molecule has 3 aromatic carbocycles. The van der Waals surface area contributed by atoms with Gasteiger partial charge in [0.1, 0.15) is 0 Å². The number of hydrogen-bond donors (Lipinski definition) is 1. The molecule has 176 valence electrons. The van der Waals surface area contributed by atoms with Gasteiger partial charge in [-0.1, -0.05) is 54.6 Å². The van der Waals surface area contributed by atoms with Gasteiger partial charge in [0.25, 0.3) is 11.8 Å². The number of benzene rings is 3. The van der Waals surface area contributed by atoms with Crippen LogP contribution in [0.25, 0.3) is 10.9 Å². The summed E-state index contributed by atoms with van der Waals surface area (Å²) in [6.07, 6.45) is 1.99. The second-order valence-corrected chi connectivity index (χ2v) is 9.00. The zero-order valence-electron chi connectivity index (χ0n) is 19.9. The van der Waals surface area contributed by atoms with E-state index >= 15 is 0 Å². The third-order valence-electron chi connectivity index (χ3n) is 6.61. The first kappa shape index (κ1) is 22.4. The normalized spacial score (nSPS) is 16.9. The number of para-hydroxylation sites is 2. The Morgan fingerprint density at radius 2 is 1.57 bits per heavy atom. The van der Waals surface area contributed by atoms with E-state index in [1.165, 1.54) is 4.90 Å². The molecule has 1 aliphatic heterocycles. The summed E-state index contributed by atoms with van der Waals surface area (Å²) in [5, 5.41) is 3.87. The molecule has 3 amide bonds. The van der Waals surface area contributed by atoms with E-state index < -0.39 is 5.54 Å². The first-order valence-electron chi connectivity index (χ1n) is 11.4. The van der Waals surface area contributed by atoms with Crippen molar-refractivity contribution in [3.05, 3.63) is 102 Å². The van der Waals surface area contributed by atoms with Crippen molar-refractivity contribution in [2.75, 3.05) is 26.0 Å². The average molecular weight is 467 g/mol. The maximum absolute atomic E-state index is 13.8. The summed E-state index contributed by atoms with van der Waals surface area (Å²) in [6.45, 7) is 0. The summed E-state index contributed by atoms with van der Waals surface area (Å²) >= 11 is 0. The summed E-state index contributed by atoms with van der Waals surface area (Å²) in [5.41, 5.74) is 2.28. The SMILES string of the molecule is CN(C)C(=O)NC1(Cc2cn(C(=O)c3ccccc3)c3ccccc23)C(=O)N(C)c2ccccc21. The fourth-order valence-electron chi connectivity index (χ4n) is 4.83. The van der Waals surface area contributed by atoms with Gasteiger partial charge in [-0.2, -0.15) is 0 Å². The Morgan fingerprint density at radius 3 is 2.31 bits per heavy atom. The molecular formula is C28H26N4O3. The minimum Gasteiger partial charge on any atom is -0.331 e. The third-order valence-corrected chi connectivity index (χ3v) is 6.61. The molecule has 5 rings (SSSR count). The topological polar surface area (TPSA) is 74.6 Å². The van der Waals surface area contributed by atoms with Gasteiger partial charge in [-0.25, -0.2) is 4.79 Å². The van der Waals surface area contributed by atoms with Crippen LogP contribution in [-0.4, -0.2) is 48.5 Å². The van der Waals surface area contributed by atoms with Crippen LogP contribution in [-0.2, 0) is 16.8 Å². The molecule has 7 nitrogen and oxygen atoms in total. The number of nitrogens with one attached hydrogen (secondary N) is 1. The lowest BCUT2D eigenvalue weighted by Crippen LogP contribution is -2.56. The van der Waals surface area contributed by atoms with E-state index in [9.17, 15) is 14.4 Å². The number of nitrogens with zero attached hydrogens (tertiary/aromatic N) is 3. The molecule has 1 aromatic heterocycles. The van der Waals surface area contributed by atoms with Gasteiger partial charge >= 0.3 is 6.03 Å². The molecule has 35 heavy (non-hydrogen) atoms. The molecule has 0 bridgehead atoms. The van der Waals surface area contributed by atoms with Crippen molar-refractivity contribution in [3.63, 3.8) is 0 Å². The highest BCUT2D eigenvalue weighted by Crippen LogP contribution is 2.42. The van der Waals surface area contributed by atoms with Crippen LogP contribution >= 0.6 is 0 Å². The predicted octanol–water partition coefficient (Wildman–Crippen LogP) is 4.02. The minimum atomic E-state index is -1.31. The van der Waals surface area contributed by atoms with Gasteiger partial charge < -0.3 is 15.1 Å². The number of hydrogen-bond acceptors (Lipinski definition) is 3. The zero-order chi connectivity index (χ0) is 24.7. The molecule has 7 heteroatoms. The highest BCUT2D eigenvalue weighted by Gasteiger charge is 2.51. The van der Waals surface area contributed by atoms with E-state index in [2.05, 4.69) is 5.32 Å². The molecule has 1 aliphatic rings. The Hall–Kier alpha value is -4.39. The molecule has 2 heterocycles. The summed E-state index contributed by atoms with van der Waals surface area (Å²) in [7, 11) is 5.00. The van der Waals surface area contributed by atoms with Crippen LogP contribution in [0.4, 0.5) is 10.5 Å². The minimum absolute atomic E-state index is 0.158. The molecular weight excluding hydrogens is 440 g/mol. The molecule has 1 unspecified atom stereocenters. The number of amides is 3. The summed E-state index contributed by atoms with van der Waals surface area (Å²) in [4.78, 5) is 43.0. The average Bonchev–Trinajstić information content (AvgIpc) is 3.34. The van der Waals surface area contributed by atoms with E-state index in [1.807, 2.05) is 66.7 Å². The van der Waals surface area contributed by atoms with Crippen LogP contribution in [0.2, 0.25) is 0 Å². The summed E-state index contributed by atoms with van der Waals surface area (Å²) < 4.78 is 1.62. The Kier molecular flexibility index (Phi) is 5.40. The van der Waals surface area contributed by atoms with Gasteiger partial charge in [-0.15, -0.1) is 0 Å². The third kappa shape index (κ3) is 3.56. The molecule has 1 atom stereocenters. The quantitative estimate of drug-likeness (QED) is 0.494. The number of fused-ring (bicyclic) bond motifs is 2. The van der Waals surface area contributed by atoms with Gasteiger partial charge in [-0.3, -0.25) is 14.2 Å². The van der Waals surface area contributed by atoms with Gasteiger partial charge in [0.2, 0.25) is 0 Å². The van der Waals surface area contributed by atoms with E-state index in [0.29, 0.717) is 5.56 Å². The van der Waals surface area contributed by atoms with E-state index in [4.69, 9.17) is 0 Å². The van der Waals surface area contributed by atoms with Gasteiger partial charge in [0, 0.05) is 56.0 Å². The van der Waals surface area contributed by atoms with Crippen LogP contribution in [0.1, 0.15) is 21.5 Å². The highest BCUT2D eigenvalue weighted by atomic mass is 16.2. The number of rotatable bonds is 4. The fraction of sp³-hybridized carbons (Fsp3) is 0.179. The standard InChI is InChI=1S/C28H26N4O3/c1-30(2)27(35)29-28(22-14-8-10-16-24(22)31(3)26(28)34)17-20-18-32(23-15-9-7-13-21(20)23)25(33)19-11-5-4-6-12-19/h4-16,18H,17H2,1-3H3,(H,29,35). The molecule has 0 radical (unpaired) electrons. The van der Waals surface area contributed by atoms with Crippen molar-refractivity contribution in [2.45, 2.75) is 12.0 Å². The monoisotopic (exact) mass is 466 g/mol. The van der Waals surface area contributed by atoms with Crippen LogP contribution in [0, 0.1) is 0 Å². The molecule has 4 aromatic rings. The fourth-order valence-corrected chi connectivity index (χ4v) is 4.83. The van der Waals surface area contributed by atoms with Crippen molar-refractivity contribution in [1.82, 2.24) is 14.8 Å². The molecule has 0 saturated carbocycles. The number of carbonyl (C=O) groups excluding carboxylic acids is 3. The highest BCUT2D eigenvalue weighted by molar-refractivity contribution is 6.10. The van der Waals surface area contributed by atoms with Gasteiger partial charge in [0.05, 0.1) is 5.52 Å².